The summed E-state index contributed by atoms with van der Waals surface area (Å²) in [6.07, 6.45) is 5.79. The zero-order chi connectivity index (χ0) is 27.6. The molecule has 8 nitrogen and oxygen atoms in total. The number of hydrogen-bond donors (Lipinski definition) is 2. The third-order valence-corrected chi connectivity index (χ3v) is 7.89. The second-order valence-electron chi connectivity index (χ2n) is 11.1. The molecular formula is C29H33F2N5O3. The number of amides is 2. The second-order valence-corrected chi connectivity index (χ2v) is 11.1. The average molecular weight is 538 g/mol. The molecule has 1 aliphatic carbocycles. The molecule has 2 aromatic heterocycles. The van der Waals surface area contributed by atoms with E-state index in [9.17, 15) is 18.4 Å². The fraction of sp³-hybridized carbons (Fsp3) is 0.448. The number of pyridine rings is 1. The Morgan fingerprint density at radius 2 is 1.95 bits per heavy atom. The van der Waals surface area contributed by atoms with Crippen molar-refractivity contribution in [3.63, 3.8) is 0 Å². The topological polar surface area (TPSA) is 100 Å². The van der Waals surface area contributed by atoms with Crippen LogP contribution in [0.1, 0.15) is 55.7 Å². The molecule has 1 aromatic carbocycles. The summed E-state index contributed by atoms with van der Waals surface area (Å²) in [5.41, 5.74) is 0.481. The smallest absolute Gasteiger partial charge is 0.273 e. The van der Waals surface area contributed by atoms with Gasteiger partial charge in [-0.3, -0.25) is 19.5 Å². The molecule has 39 heavy (non-hydrogen) atoms. The van der Waals surface area contributed by atoms with Gasteiger partial charge < -0.3 is 15.2 Å². The number of benzene rings is 1. The average Bonchev–Trinajstić information content (AvgIpc) is 3.38. The Morgan fingerprint density at radius 3 is 2.64 bits per heavy atom. The van der Waals surface area contributed by atoms with Gasteiger partial charge in [0, 0.05) is 61.2 Å². The zero-order valence-electron chi connectivity index (χ0n) is 22.1. The van der Waals surface area contributed by atoms with Gasteiger partial charge in [0.1, 0.15) is 11.6 Å². The highest BCUT2D eigenvalue weighted by atomic mass is 19.1. The Labute approximate surface area is 226 Å². The van der Waals surface area contributed by atoms with Crippen LogP contribution < -0.4 is 10.6 Å². The van der Waals surface area contributed by atoms with Crippen LogP contribution in [0.5, 0.6) is 0 Å². The van der Waals surface area contributed by atoms with Gasteiger partial charge in [-0.05, 0) is 43.5 Å². The molecule has 2 amide bonds. The molecule has 5 rings (SSSR count). The molecule has 0 bridgehead atoms. The lowest BCUT2D eigenvalue weighted by Gasteiger charge is -2.45. The number of nitrogens with zero attached hydrogens (tertiary/aromatic N) is 3. The normalized spacial score (nSPS) is 20.3. The van der Waals surface area contributed by atoms with Crippen LogP contribution in [0.4, 0.5) is 8.78 Å². The first-order valence-electron chi connectivity index (χ1n) is 13.4. The summed E-state index contributed by atoms with van der Waals surface area (Å²) in [5.74, 6) is -2.60. The Hall–Kier alpha value is -3.66. The van der Waals surface area contributed by atoms with Crippen molar-refractivity contribution in [2.45, 2.75) is 57.0 Å². The third-order valence-electron chi connectivity index (χ3n) is 7.89. The Balaban J connectivity index is 1.28. The number of carbonyl (C=O) groups excluding carboxylic acids is 2. The third kappa shape index (κ3) is 6.00. The maximum absolute atomic E-state index is 14.2. The van der Waals surface area contributed by atoms with E-state index in [1.165, 1.54) is 18.6 Å². The zero-order valence-corrected chi connectivity index (χ0v) is 22.1. The van der Waals surface area contributed by atoms with Crippen LogP contribution in [0, 0.1) is 17.6 Å². The van der Waals surface area contributed by atoms with Crippen LogP contribution in [0.3, 0.4) is 0 Å². The Bertz CT molecular complexity index is 1330. The fourth-order valence-corrected chi connectivity index (χ4v) is 5.23. The van der Waals surface area contributed by atoms with Crippen LogP contribution in [-0.2, 0) is 10.2 Å². The van der Waals surface area contributed by atoms with Crippen molar-refractivity contribution in [2.75, 3.05) is 19.6 Å². The first-order chi connectivity index (χ1) is 18.7. The minimum absolute atomic E-state index is 0.00420. The molecule has 1 saturated heterocycles. The van der Waals surface area contributed by atoms with Crippen molar-refractivity contribution in [2.24, 2.45) is 5.92 Å². The first-order valence-corrected chi connectivity index (χ1v) is 13.4. The van der Waals surface area contributed by atoms with E-state index in [0.717, 1.165) is 37.2 Å². The number of aromatic nitrogens is 2. The number of rotatable bonds is 8. The molecule has 2 aliphatic rings. The number of likely N-dealkylation sites (tertiary alicyclic amines) is 1. The predicted octanol–water partition coefficient (Wildman–Crippen LogP) is 4.08. The molecule has 1 saturated carbocycles. The molecule has 2 N–H and O–H groups in total. The van der Waals surface area contributed by atoms with E-state index in [1.54, 1.807) is 6.20 Å². The van der Waals surface area contributed by atoms with E-state index >= 15 is 0 Å². The number of hydrogen-bond acceptors (Lipinski definition) is 6. The highest BCUT2D eigenvalue weighted by Gasteiger charge is 2.39. The predicted molar refractivity (Wildman–Crippen MR) is 141 cm³/mol. The summed E-state index contributed by atoms with van der Waals surface area (Å²) < 4.78 is 32.6. The van der Waals surface area contributed by atoms with Crippen molar-refractivity contribution in [1.29, 1.82) is 0 Å². The van der Waals surface area contributed by atoms with Gasteiger partial charge in [-0.15, -0.1) is 0 Å². The van der Waals surface area contributed by atoms with Crippen LogP contribution in [0.25, 0.3) is 11.3 Å². The molecule has 3 heterocycles. The second kappa shape index (κ2) is 11.2. The summed E-state index contributed by atoms with van der Waals surface area (Å²) >= 11 is 0. The van der Waals surface area contributed by atoms with Gasteiger partial charge in [-0.25, -0.2) is 8.78 Å². The molecule has 2 fully saturated rings. The van der Waals surface area contributed by atoms with Gasteiger partial charge >= 0.3 is 0 Å². The number of carbonyl (C=O) groups is 2. The van der Waals surface area contributed by atoms with Crippen molar-refractivity contribution >= 4 is 11.8 Å². The van der Waals surface area contributed by atoms with Crippen LogP contribution in [-0.4, -0.2) is 58.6 Å². The quantitative estimate of drug-likeness (QED) is 0.449. The lowest BCUT2D eigenvalue weighted by molar-refractivity contribution is -0.128. The van der Waals surface area contributed by atoms with Gasteiger partial charge in [-0.2, -0.15) is 0 Å². The van der Waals surface area contributed by atoms with Gasteiger partial charge in [0.25, 0.3) is 5.91 Å². The van der Waals surface area contributed by atoms with E-state index in [1.807, 2.05) is 32.0 Å². The minimum Gasteiger partial charge on any atom is -0.355 e. The number of halogens is 2. The highest BCUT2D eigenvalue weighted by Crippen LogP contribution is 2.30. The van der Waals surface area contributed by atoms with Crippen molar-refractivity contribution < 1.29 is 22.9 Å². The Morgan fingerprint density at radius 1 is 1.13 bits per heavy atom. The van der Waals surface area contributed by atoms with E-state index in [0.29, 0.717) is 25.6 Å². The molecule has 2 atom stereocenters. The van der Waals surface area contributed by atoms with Gasteiger partial charge in [0.05, 0.1) is 11.5 Å². The molecule has 10 heteroatoms. The standard InChI is InChI=1S/C29H33F2N5O3/c1-29(2,26-8-3-4-12-32-26)17-33-27(37)21-16-36(19-6-5-7-19)13-11-23(21)34-28(38)24-15-25(39-35-24)20-10-9-18(30)14-22(20)31/h3-4,8-10,12,14-15,19,21,23H,5-7,11,13,16-17H2,1-2H3,(H,33,37)(H,34,38)/t21-,23-/m1/s1. The highest BCUT2D eigenvalue weighted by molar-refractivity contribution is 5.94. The number of nitrogens with one attached hydrogen (secondary N) is 2. The van der Waals surface area contributed by atoms with Crippen LogP contribution >= 0.6 is 0 Å². The molecule has 0 radical (unpaired) electrons. The van der Waals surface area contributed by atoms with Crippen molar-refractivity contribution in [3.05, 3.63) is 71.7 Å². The monoisotopic (exact) mass is 537 g/mol. The first kappa shape index (κ1) is 26.9. The van der Waals surface area contributed by atoms with Crippen molar-refractivity contribution in [3.8, 4) is 11.3 Å². The summed E-state index contributed by atoms with van der Waals surface area (Å²) in [5, 5.41) is 9.86. The van der Waals surface area contributed by atoms with E-state index in [2.05, 4.69) is 25.7 Å². The van der Waals surface area contributed by atoms with Crippen LogP contribution in [0.15, 0.2) is 53.2 Å². The van der Waals surface area contributed by atoms with Crippen LogP contribution in [0.2, 0.25) is 0 Å². The number of piperidine rings is 1. The summed E-state index contributed by atoms with van der Waals surface area (Å²) in [6, 6.07) is 10.2. The summed E-state index contributed by atoms with van der Waals surface area (Å²) in [6.45, 7) is 5.80. The lowest BCUT2D eigenvalue weighted by atomic mass is 9.84. The SMILES string of the molecule is CC(C)(CNC(=O)[C@@H]1CN(C2CCC2)CC[C@H]1NC(=O)c1cc(-c2ccc(F)cc2F)on1)c1ccccn1. The van der Waals surface area contributed by atoms with Gasteiger partial charge in [0.15, 0.2) is 11.5 Å². The maximum Gasteiger partial charge on any atom is 0.273 e. The van der Waals surface area contributed by atoms with Gasteiger partial charge in [-0.1, -0.05) is 31.5 Å². The van der Waals surface area contributed by atoms with Crippen molar-refractivity contribution in [1.82, 2.24) is 25.7 Å². The maximum atomic E-state index is 14.2. The summed E-state index contributed by atoms with van der Waals surface area (Å²) in [7, 11) is 0. The van der Waals surface area contributed by atoms with E-state index < -0.39 is 29.5 Å². The molecule has 3 aromatic rings. The molecule has 0 unspecified atom stereocenters. The van der Waals surface area contributed by atoms with E-state index in [4.69, 9.17) is 4.52 Å². The van der Waals surface area contributed by atoms with Gasteiger partial charge in [0.2, 0.25) is 5.91 Å². The molecule has 1 aliphatic heterocycles. The Kier molecular flexibility index (Phi) is 7.74. The largest absolute Gasteiger partial charge is 0.355 e. The molecular weight excluding hydrogens is 504 g/mol. The fourth-order valence-electron chi connectivity index (χ4n) is 5.23. The minimum atomic E-state index is -0.813. The summed E-state index contributed by atoms with van der Waals surface area (Å²) in [4.78, 5) is 33.4. The molecule has 0 spiro atoms. The lowest BCUT2D eigenvalue weighted by Crippen LogP contribution is -2.59. The molecule has 206 valence electrons. The van der Waals surface area contributed by atoms with E-state index in [-0.39, 0.29) is 28.3 Å².